The first-order chi connectivity index (χ1) is 14.6. The molecule has 5 heteroatoms. The number of carbonyl (C=O) groups is 1. The predicted molar refractivity (Wildman–Crippen MR) is 112 cm³/mol. The minimum absolute atomic E-state index is 0.0395. The van der Waals surface area contributed by atoms with E-state index in [-0.39, 0.29) is 17.5 Å². The van der Waals surface area contributed by atoms with Crippen molar-refractivity contribution in [2.24, 2.45) is 5.92 Å². The van der Waals surface area contributed by atoms with E-state index in [1.54, 1.807) is 26.4 Å². The van der Waals surface area contributed by atoms with Crippen LogP contribution in [0.25, 0.3) is 0 Å². The normalized spacial score (nSPS) is 15.6. The van der Waals surface area contributed by atoms with Crippen LogP contribution in [-0.2, 0) is 19.4 Å². The van der Waals surface area contributed by atoms with Gasteiger partial charge in [-0.25, -0.2) is 4.39 Å². The lowest BCUT2D eigenvalue weighted by Crippen LogP contribution is -2.34. The third kappa shape index (κ3) is 4.06. The van der Waals surface area contributed by atoms with E-state index in [0.717, 1.165) is 17.5 Å². The molecule has 0 radical (unpaired) electrons. The Morgan fingerprint density at radius 2 is 1.80 bits per heavy atom. The highest BCUT2D eigenvalue weighted by Crippen LogP contribution is 2.36. The topological polar surface area (TPSA) is 39.4 Å². The summed E-state index contributed by atoms with van der Waals surface area (Å²) in [6.45, 7) is 0.607. The monoisotopic (exact) mass is 406 g/mol. The van der Waals surface area contributed by atoms with Crippen molar-refractivity contribution in [3.05, 3.63) is 89.0 Å². The Labute approximate surface area is 175 Å². The van der Waals surface area contributed by atoms with E-state index in [1.807, 2.05) is 47.2 Å². The van der Waals surface area contributed by atoms with Gasteiger partial charge in [0.1, 0.15) is 0 Å². The molecule has 2 aromatic carbocycles. The summed E-state index contributed by atoms with van der Waals surface area (Å²) in [6, 6.07) is 15.3. The van der Waals surface area contributed by atoms with E-state index in [9.17, 15) is 9.18 Å². The maximum Gasteiger partial charge on any atom is 0.205 e. The zero-order valence-electron chi connectivity index (χ0n) is 17.2. The van der Waals surface area contributed by atoms with Crippen molar-refractivity contribution in [1.29, 1.82) is 0 Å². The number of rotatable bonds is 6. The molecular formula is C25H25FNO3+. The van der Waals surface area contributed by atoms with Crippen LogP contribution in [0.1, 0.15) is 33.5 Å². The summed E-state index contributed by atoms with van der Waals surface area (Å²) in [6.07, 6.45) is 5.23. The molecule has 154 valence electrons. The first-order valence-electron chi connectivity index (χ1n) is 10.1. The molecule has 0 bridgehead atoms. The molecule has 0 fully saturated rings. The third-order valence-electron chi connectivity index (χ3n) is 5.74. The SMILES string of the molecule is COc1cc2c(cc1OC)C(=O)C(Cc1cc[n+](Cc3ccccc3)cc1F)CC2. The number of hydrogen-bond acceptors (Lipinski definition) is 3. The van der Waals surface area contributed by atoms with Crippen LogP contribution in [0.3, 0.4) is 0 Å². The number of aryl methyl sites for hydroxylation is 1. The third-order valence-corrected chi connectivity index (χ3v) is 5.74. The van der Waals surface area contributed by atoms with E-state index in [2.05, 4.69) is 0 Å². The van der Waals surface area contributed by atoms with E-state index in [4.69, 9.17) is 9.47 Å². The van der Waals surface area contributed by atoms with Crippen LogP contribution < -0.4 is 14.0 Å². The minimum atomic E-state index is -0.278. The Balaban J connectivity index is 1.52. The number of hydrogen-bond donors (Lipinski definition) is 0. The summed E-state index contributed by atoms with van der Waals surface area (Å²) in [7, 11) is 3.14. The molecule has 0 aliphatic heterocycles. The number of benzene rings is 2. The Bertz CT molecular complexity index is 1070. The van der Waals surface area contributed by atoms with Crippen molar-refractivity contribution in [3.8, 4) is 11.5 Å². The minimum Gasteiger partial charge on any atom is -0.493 e. The summed E-state index contributed by atoms with van der Waals surface area (Å²) in [5.74, 6) is 0.685. The first kappa shape index (κ1) is 20.1. The second kappa shape index (κ2) is 8.66. The van der Waals surface area contributed by atoms with Gasteiger partial charge in [-0.05, 0) is 37.0 Å². The van der Waals surface area contributed by atoms with Crippen molar-refractivity contribution < 1.29 is 23.2 Å². The van der Waals surface area contributed by atoms with E-state index < -0.39 is 0 Å². The molecule has 1 unspecified atom stereocenters. The van der Waals surface area contributed by atoms with Gasteiger partial charge >= 0.3 is 0 Å². The number of fused-ring (bicyclic) bond motifs is 1. The second-order valence-corrected chi connectivity index (χ2v) is 7.64. The first-order valence-corrected chi connectivity index (χ1v) is 10.1. The Morgan fingerprint density at radius 3 is 2.50 bits per heavy atom. The quantitative estimate of drug-likeness (QED) is 0.577. The van der Waals surface area contributed by atoms with Crippen LogP contribution in [0.15, 0.2) is 60.9 Å². The summed E-state index contributed by atoms with van der Waals surface area (Å²) >= 11 is 0. The van der Waals surface area contributed by atoms with Gasteiger partial charge in [0, 0.05) is 28.7 Å². The maximum atomic E-state index is 14.8. The van der Waals surface area contributed by atoms with Gasteiger partial charge in [0.25, 0.3) is 0 Å². The van der Waals surface area contributed by atoms with Crippen molar-refractivity contribution in [1.82, 2.24) is 0 Å². The number of aromatic nitrogens is 1. The predicted octanol–water partition coefficient (Wildman–Crippen LogP) is 4.17. The standard InChI is InChI=1S/C25H25FNO3/c1-29-23-13-18-8-9-20(25(28)21(18)14-24(23)30-2)12-19-10-11-27(16-22(19)26)15-17-6-4-3-5-7-17/h3-7,10-11,13-14,16,20H,8-9,12,15H2,1-2H3/q+1. The van der Waals surface area contributed by atoms with Gasteiger partial charge in [0.05, 0.1) is 14.2 Å². The molecule has 1 aliphatic rings. The Kier molecular flexibility index (Phi) is 5.79. The molecule has 0 spiro atoms. The number of carbonyl (C=O) groups excluding carboxylic acids is 1. The fraction of sp³-hybridized carbons (Fsp3) is 0.280. The lowest BCUT2D eigenvalue weighted by molar-refractivity contribution is -0.689. The molecule has 1 heterocycles. The lowest BCUT2D eigenvalue weighted by atomic mass is 9.79. The molecular weight excluding hydrogens is 381 g/mol. The second-order valence-electron chi connectivity index (χ2n) is 7.64. The molecule has 1 aromatic heterocycles. The van der Waals surface area contributed by atoms with Gasteiger partial charge < -0.3 is 9.47 Å². The number of nitrogens with zero attached hydrogens (tertiary/aromatic N) is 1. The highest BCUT2D eigenvalue weighted by Gasteiger charge is 2.30. The molecule has 1 aliphatic carbocycles. The largest absolute Gasteiger partial charge is 0.493 e. The summed E-state index contributed by atoms with van der Waals surface area (Å²) in [4.78, 5) is 13.1. The van der Waals surface area contributed by atoms with Crippen LogP contribution >= 0.6 is 0 Å². The van der Waals surface area contributed by atoms with Crippen LogP contribution in [0.5, 0.6) is 11.5 Å². The Hall–Kier alpha value is -3.21. The van der Waals surface area contributed by atoms with Crippen LogP contribution in [0.4, 0.5) is 4.39 Å². The van der Waals surface area contributed by atoms with E-state index in [0.29, 0.717) is 42.0 Å². The average Bonchev–Trinajstić information content (AvgIpc) is 2.77. The van der Waals surface area contributed by atoms with Gasteiger partial charge in [-0.15, -0.1) is 0 Å². The van der Waals surface area contributed by atoms with Crippen molar-refractivity contribution in [2.45, 2.75) is 25.8 Å². The number of methoxy groups -OCH3 is 2. The van der Waals surface area contributed by atoms with Crippen LogP contribution in [-0.4, -0.2) is 20.0 Å². The number of ketones is 1. The molecule has 30 heavy (non-hydrogen) atoms. The zero-order valence-corrected chi connectivity index (χ0v) is 17.2. The highest BCUT2D eigenvalue weighted by atomic mass is 19.1. The maximum absolute atomic E-state index is 14.8. The van der Waals surface area contributed by atoms with Gasteiger partial charge in [-0.3, -0.25) is 4.79 Å². The summed E-state index contributed by atoms with van der Waals surface area (Å²) < 4.78 is 27.3. The van der Waals surface area contributed by atoms with Gasteiger partial charge in [0.15, 0.2) is 35.8 Å². The van der Waals surface area contributed by atoms with E-state index >= 15 is 0 Å². The van der Waals surface area contributed by atoms with Crippen molar-refractivity contribution in [3.63, 3.8) is 0 Å². The van der Waals surface area contributed by atoms with Gasteiger partial charge in [0.2, 0.25) is 6.20 Å². The van der Waals surface area contributed by atoms with E-state index in [1.165, 1.54) is 6.20 Å². The van der Waals surface area contributed by atoms with Crippen molar-refractivity contribution >= 4 is 5.78 Å². The lowest BCUT2D eigenvalue weighted by Gasteiger charge is -2.24. The molecule has 0 saturated heterocycles. The molecule has 0 amide bonds. The average molecular weight is 406 g/mol. The molecule has 0 N–H and O–H groups in total. The highest BCUT2D eigenvalue weighted by molar-refractivity contribution is 6.01. The molecule has 3 aromatic rings. The smallest absolute Gasteiger partial charge is 0.205 e. The van der Waals surface area contributed by atoms with Crippen LogP contribution in [0.2, 0.25) is 0 Å². The summed E-state index contributed by atoms with van der Waals surface area (Å²) in [5, 5.41) is 0. The Morgan fingerprint density at radius 1 is 1.07 bits per heavy atom. The van der Waals surface area contributed by atoms with Crippen LogP contribution in [0, 0.1) is 11.7 Å². The molecule has 4 rings (SSSR count). The fourth-order valence-corrected chi connectivity index (χ4v) is 4.09. The number of pyridine rings is 1. The van der Waals surface area contributed by atoms with Gasteiger partial charge in [-0.1, -0.05) is 30.3 Å². The molecule has 4 nitrogen and oxygen atoms in total. The van der Waals surface area contributed by atoms with Crippen molar-refractivity contribution in [2.75, 3.05) is 14.2 Å². The van der Waals surface area contributed by atoms with Gasteiger partial charge in [-0.2, -0.15) is 4.57 Å². The summed E-state index contributed by atoms with van der Waals surface area (Å²) in [5.41, 5.74) is 3.29. The number of halogens is 1. The molecule has 0 saturated carbocycles. The fourth-order valence-electron chi connectivity index (χ4n) is 4.09. The number of Topliss-reactive ketones (excluding diaryl/α,β-unsaturated/α-hetero) is 1. The molecule has 1 atom stereocenters. The zero-order chi connectivity index (χ0) is 21.1. The number of ether oxygens (including phenoxy) is 2.